The molecular weight excluding hydrogens is 439 g/mol. The predicted octanol–water partition coefficient (Wildman–Crippen LogP) is 9.65. The molecule has 0 saturated heterocycles. The molecule has 0 aliphatic heterocycles. The van der Waals surface area contributed by atoms with Gasteiger partial charge in [-0.1, -0.05) is 0 Å². The molecule has 2 heteroatoms. The molecule has 0 bridgehead atoms. The molecule has 2 atom stereocenters. The molecule has 26 heavy (non-hydrogen) atoms. The molecule has 152 valence electrons. The summed E-state index contributed by atoms with van der Waals surface area (Å²) in [5, 5.41) is 2.25. The Morgan fingerprint density at radius 1 is 0.846 bits per heavy atom. The van der Waals surface area contributed by atoms with Gasteiger partial charge in [-0.3, -0.25) is 0 Å². The van der Waals surface area contributed by atoms with Crippen LogP contribution in [0.1, 0.15) is 110 Å². The van der Waals surface area contributed by atoms with Crippen LogP contribution in [-0.2, 0) is 0 Å². The van der Waals surface area contributed by atoms with Crippen molar-refractivity contribution >= 4 is 29.7 Å². The summed E-state index contributed by atoms with van der Waals surface area (Å²) in [4.78, 5) is 1.62. The average molecular weight is 485 g/mol. The van der Waals surface area contributed by atoms with Gasteiger partial charge in [-0.2, -0.15) is 0 Å². The van der Waals surface area contributed by atoms with Crippen LogP contribution < -0.4 is 0 Å². The quantitative estimate of drug-likeness (QED) is 0.205. The van der Waals surface area contributed by atoms with Gasteiger partial charge < -0.3 is 0 Å². The first-order chi connectivity index (χ1) is 12.6. The van der Waals surface area contributed by atoms with Crippen molar-refractivity contribution in [1.29, 1.82) is 0 Å². The first-order valence-corrected chi connectivity index (χ1v) is 20.2. The van der Waals surface area contributed by atoms with Crippen molar-refractivity contribution in [2.45, 2.75) is 122 Å². The summed E-state index contributed by atoms with van der Waals surface area (Å²) in [5.41, 5.74) is 0. The number of rotatable bonds is 16. The van der Waals surface area contributed by atoms with Gasteiger partial charge in [0.1, 0.15) is 0 Å². The zero-order valence-corrected chi connectivity index (χ0v) is 22.2. The SMILES string of the molecule is CCC[CH2][Sn]([CH2]CCC)([CH2]CCC)[CH](C)CCCC(CC)c1cccs1. The van der Waals surface area contributed by atoms with Crippen molar-refractivity contribution in [3.8, 4) is 0 Å². The second-order valence-corrected chi connectivity index (χ2v) is 24.5. The minimum atomic E-state index is -1.99. The van der Waals surface area contributed by atoms with E-state index in [0.717, 1.165) is 9.85 Å². The molecule has 0 spiro atoms. The van der Waals surface area contributed by atoms with E-state index in [1.807, 2.05) is 11.3 Å². The summed E-state index contributed by atoms with van der Waals surface area (Å²) in [6.07, 6.45) is 14.5. The molecule has 0 aliphatic rings. The van der Waals surface area contributed by atoms with Crippen LogP contribution in [0.5, 0.6) is 0 Å². The molecule has 0 saturated carbocycles. The van der Waals surface area contributed by atoms with Gasteiger partial charge in [0.05, 0.1) is 0 Å². The molecule has 1 aromatic rings. The summed E-state index contributed by atoms with van der Waals surface area (Å²) in [5.74, 6) is 0.814. The van der Waals surface area contributed by atoms with Gasteiger partial charge in [0.25, 0.3) is 0 Å². The molecule has 1 heterocycles. The molecule has 1 aromatic heterocycles. The average Bonchev–Trinajstić information content (AvgIpc) is 3.19. The van der Waals surface area contributed by atoms with Crippen LogP contribution in [0.2, 0.25) is 17.2 Å². The molecular formula is C24H46SSn. The number of thiophene rings is 1. The number of hydrogen-bond acceptors (Lipinski definition) is 1. The molecule has 0 amide bonds. The summed E-state index contributed by atoms with van der Waals surface area (Å²) in [6.45, 7) is 12.2. The molecule has 0 N–H and O–H groups in total. The predicted molar refractivity (Wildman–Crippen MR) is 126 cm³/mol. The third-order valence-corrected chi connectivity index (χ3v) is 26.1. The molecule has 2 unspecified atom stereocenters. The van der Waals surface area contributed by atoms with Crippen molar-refractivity contribution in [1.82, 2.24) is 0 Å². The maximum atomic E-state index is 2.68. The van der Waals surface area contributed by atoms with Crippen LogP contribution in [0, 0.1) is 0 Å². The Morgan fingerprint density at radius 2 is 1.42 bits per heavy atom. The van der Waals surface area contributed by atoms with E-state index in [4.69, 9.17) is 0 Å². The third kappa shape index (κ3) is 8.25. The van der Waals surface area contributed by atoms with Crippen LogP contribution in [-0.4, -0.2) is 18.4 Å². The van der Waals surface area contributed by atoms with Gasteiger partial charge in [-0.05, 0) is 0 Å². The van der Waals surface area contributed by atoms with E-state index < -0.39 is 18.4 Å². The normalized spacial score (nSPS) is 14.5. The van der Waals surface area contributed by atoms with Crippen LogP contribution in [0.15, 0.2) is 17.5 Å². The molecule has 0 aromatic carbocycles. The standard InChI is InChI=1S/C12H19S.3C4H9.Sn/c1-3-5-6-8-11(4-2)12-9-7-10-13-12;3*1-3-4-2;/h3,7,9-11H,4-6,8H2,1-2H3;3*1,3-4H2,2H3;. The van der Waals surface area contributed by atoms with Gasteiger partial charge in [0, 0.05) is 0 Å². The third-order valence-electron chi connectivity index (χ3n) is 6.76. The fourth-order valence-electron chi connectivity index (χ4n) is 4.75. The van der Waals surface area contributed by atoms with Crippen molar-refractivity contribution in [3.63, 3.8) is 0 Å². The zero-order valence-electron chi connectivity index (χ0n) is 18.5. The molecule has 0 nitrogen and oxygen atoms in total. The summed E-state index contributed by atoms with van der Waals surface area (Å²) < 4.78 is 6.12. The van der Waals surface area contributed by atoms with Crippen molar-refractivity contribution < 1.29 is 0 Å². The van der Waals surface area contributed by atoms with Crippen molar-refractivity contribution in [2.75, 3.05) is 0 Å². The Bertz CT molecular complexity index is 404. The minimum absolute atomic E-state index is 0.814. The van der Waals surface area contributed by atoms with E-state index in [9.17, 15) is 0 Å². The Morgan fingerprint density at radius 3 is 1.85 bits per heavy atom. The maximum absolute atomic E-state index is 2.68. The van der Waals surface area contributed by atoms with Gasteiger partial charge in [-0.25, -0.2) is 0 Å². The van der Waals surface area contributed by atoms with Gasteiger partial charge in [0.15, 0.2) is 0 Å². The van der Waals surface area contributed by atoms with Gasteiger partial charge >= 0.3 is 174 Å². The van der Waals surface area contributed by atoms with Crippen LogP contribution in [0.25, 0.3) is 0 Å². The second-order valence-electron chi connectivity index (χ2n) is 8.63. The van der Waals surface area contributed by atoms with E-state index in [1.165, 1.54) is 64.2 Å². The topological polar surface area (TPSA) is 0 Å². The van der Waals surface area contributed by atoms with E-state index in [0.29, 0.717) is 0 Å². The fourth-order valence-corrected chi connectivity index (χ4v) is 23.4. The Kier molecular flexibility index (Phi) is 13.7. The Labute approximate surface area is 173 Å². The van der Waals surface area contributed by atoms with E-state index in [1.54, 1.807) is 18.2 Å². The fraction of sp³-hybridized carbons (Fsp3) is 0.833. The van der Waals surface area contributed by atoms with E-state index >= 15 is 0 Å². The molecule has 0 aliphatic carbocycles. The second kappa shape index (κ2) is 14.5. The van der Waals surface area contributed by atoms with Gasteiger partial charge in [0.2, 0.25) is 0 Å². The number of hydrogen-bond donors (Lipinski definition) is 0. The Balaban J connectivity index is 2.67. The molecule has 0 radical (unpaired) electrons. The van der Waals surface area contributed by atoms with Crippen LogP contribution in [0.4, 0.5) is 0 Å². The molecule has 0 fully saturated rings. The van der Waals surface area contributed by atoms with E-state index in [2.05, 4.69) is 52.1 Å². The summed E-state index contributed by atoms with van der Waals surface area (Å²) in [7, 11) is 0. The van der Waals surface area contributed by atoms with Gasteiger partial charge in [-0.15, -0.1) is 0 Å². The van der Waals surface area contributed by atoms with Crippen LogP contribution in [0.3, 0.4) is 0 Å². The van der Waals surface area contributed by atoms with Crippen LogP contribution >= 0.6 is 11.3 Å². The summed E-state index contributed by atoms with van der Waals surface area (Å²) >= 11 is -0.0246. The first kappa shape index (κ1) is 24.5. The monoisotopic (exact) mass is 486 g/mol. The first-order valence-electron chi connectivity index (χ1n) is 11.7. The zero-order chi connectivity index (χ0) is 19.3. The van der Waals surface area contributed by atoms with Crippen molar-refractivity contribution in [2.24, 2.45) is 0 Å². The summed E-state index contributed by atoms with van der Waals surface area (Å²) in [6, 6.07) is 4.59. The van der Waals surface area contributed by atoms with E-state index in [-0.39, 0.29) is 0 Å². The van der Waals surface area contributed by atoms with Crippen molar-refractivity contribution in [3.05, 3.63) is 22.4 Å². The Hall–Kier alpha value is 0.499. The number of unbranched alkanes of at least 4 members (excludes halogenated alkanes) is 3. The molecule has 1 rings (SSSR count).